The Kier molecular flexibility index (Phi) is 6.61. The number of hydrogen-bond acceptors (Lipinski definition) is 2. The number of rotatable bonds is 7. The van der Waals surface area contributed by atoms with Crippen LogP contribution in [0, 0.1) is 5.82 Å². The molecule has 0 spiro atoms. The third kappa shape index (κ3) is 5.05. The van der Waals surface area contributed by atoms with E-state index < -0.39 is 0 Å². The van der Waals surface area contributed by atoms with E-state index in [1.807, 2.05) is 6.07 Å². The van der Waals surface area contributed by atoms with Gasteiger partial charge in [0.15, 0.2) is 0 Å². The van der Waals surface area contributed by atoms with Crippen molar-refractivity contribution in [2.75, 3.05) is 19.6 Å². The van der Waals surface area contributed by atoms with E-state index in [9.17, 15) is 4.39 Å². The van der Waals surface area contributed by atoms with Crippen molar-refractivity contribution in [2.24, 2.45) is 0 Å². The van der Waals surface area contributed by atoms with Gasteiger partial charge in [-0.1, -0.05) is 13.0 Å². The average molecular weight is 289 g/mol. The van der Waals surface area contributed by atoms with Gasteiger partial charge >= 0.3 is 0 Å². The fourth-order valence-corrected chi connectivity index (χ4v) is 1.79. The van der Waals surface area contributed by atoms with E-state index in [2.05, 4.69) is 33.5 Å². The lowest BCUT2D eigenvalue weighted by molar-refractivity contribution is 0.602. The molecule has 0 atom stereocenters. The van der Waals surface area contributed by atoms with Crippen LogP contribution in [-0.4, -0.2) is 19.6 Å². The smallest absolute Gasteiger partial charge is 0.137 e. The van der Waals surface area contributed by atoms with Crippen molar-refractivity contribution in [3.05, 3.63) is 34.1 Å². The third-order valence-corrected chi connectivity index (χ3v) is 2.83. The van der Waals surface area contributed by atoms with Crippen LogP contribution in [0.2, 0.25) is 0 Å². The summed E-state index contributed by atoms with van der Waals surface area (Å²) in [5.41, 5.74) is 1.09. The third-order valence-electron chi connectivity index (χ3n) is 2.22. The molecule has 0 heterocycles. The van der Waals surface area contributed by atoms with Crippen LogP contribution >= 0.6 is 15.9 Å². The van der Waals surface area contributed by atoms with E-state index in [0.29, 0.717) is 4.47 Å². The largest absolute Gasteiger partial charge is 0.315 e. The van der Waals surface area contributed by atoms with Crippen molar-refractivity contribution in [2.45, 2.75) is 19.9 Å². The minimum Gasteiger partial charge on any atom is -0.315 e. The normalized spacial score (nSPS) is 10.7. The molecule has 0 bridgehead atoms. The molecule has 1 aromatic rings. The Balaban J connectivity index is 2.19. The first kappa shape index (κ1) is 13.6. The molecular weight excluding hydrogens is 271 g/mol. The predicted octanol–water partition coefficient (Wildman–Crippen LogP) is 2.68. The molecule has 0 aliphatic rings. The molecule has 1 aromatic carbocycles. The highest BCUT2D eigenvalue weighted by atomic mass is 79.9. The summed E-state index contributed by atoms with van der Waals surface area (Å²) in [6, 6.07) is 5.09. The van der Waals surface area contributed by atoms with Crippen molar-refractivity contribution in [1.82, 2.24) is 10.6 Å². The SMILES string of the molecule is CCCNCCNCc1ccc(F)c(Br)c1. The molecule has 0 saturated heterocycles. The van der Waals surface area contributed by atoms with Gasteiger partial charge in [-0.2, -0.15) is 0 Å². The number of benzene rings is 1. The Morgan fingerprint density at radius 3 is 2.62 bits per heavy atom. The molecule has 0 radical (unpaired) electrons. The van der Waals surface area contributed by atoms with Crippen LogP contribution in [0.5, 0.6) is 0 Å². The Morgan fingerprint density at radius 2 is 1.94 bits per heavy atom. The average Bonchev–Trinajstić information content (AvgIpc) is 2.28. The fourth-order valence-electron chi connectivity index (χ4n) is 1.36. The van der Waals surface area contributed by atoms with Gasteiger partial charge in [0.2, 0.25) is 0 Å². The molecule has 16 heavy (non-hydrogen) atoms. The van der Waals surface area contributed by atoms with Crippen LogP contribution < -0.4 is 10.6 Å². The van der Waals surface area contributed by atoms with E-state index >= 15 is 0 Å². The first-order valence-corrected chi connectivity index (χ1v) is 6.38. The van der Waals surface area contributed by atoms with Crippen LogP contribution in [-0.2, 0) is 6.54 Å². The standard InChI is InChI=1S/C12H18BrFN2/c1-2-5-15-6-7-16-9-10-3-4-12(14)11(13)8-10/h3-4,8,15-16H,2,5-7,9H2,1H3. The molecule has 0 aliphatic heterocycles. The fraction of sp³-hybridized carbons (Fsp3) is 0.500. The Hall–Kier alpha value is -0.450. The lowest BCUT2D eigenvalue weighted by Gasteiger charge is -2.06. The highest BCUT2D eigenvalue weighted by Gasteiger charge is 1.99. The summed E-state index contributed by atoms with van der Waals surface area (Å²) in [6.45, 7) is 5.87. The van der Waals surface area contributed by atoms with E-state index in [1.54, 1.807) is 6.07 Å². The van der Waals surface area contributed by atoms with E-state index in [4.69, 9.17) is 0 Å². The van der Waals surface area contributed by atoms with Gasteiger partial charge in [0.05, 0.1) is 4.47 Å². The number of hydrogen-bond donors (Lipinski definition) is 2. The van der Waals surface area contributed by atoms with Crippen molar-refractivity contribution < 1.29 is 4.39 Å². The molecule has 0 aliphatic carbocycles. The first-order chi connectivity index (χ1) is 7.74. The maximum atomic E-state index is 12.9. The first-order valence-electron chi connectivity index (χ1n) is 5.59. The zero-order valence-electron chi connectivity index (χ0n) is 9.52. The van der Waals surface area contributed by atoms with Crippen molar-refractivity contribution in [1.29, 1.82) is 0 Å². The van der Waals surface area contributed by atoms with Crippen LogP contribution in [0.15, 0.2) is 22.7 Å². The molecule has 2 nitrogen and oxygen atoms in total. The molecule has 0 aromatic heterocycles. The second-order valence-electron chi connectivity index (χ2n) is 3.68. The Labute approximate surface area is 105 Å². The van der Waals surface area contributed by atoms with Gasteiger partial charge in [-0.15, -0.1) is 0 Å². The highest BCUT2D eigenvalue weighted by molar-refractivity contribution is 9.10. The van der Waals surface area contributed by atoms with Crippen LogP contribution in [0.4, 0.5) is 4.39 Å². The van der Waals surface area contributed by atoms with Gasteiger partial charge in [-0.3, -0.25) is 0 Å². The zero-order chi connectivity index (χ0) is 11.8. The summed E-state index contributed by atoms with van der Waals surface area (Å²) in [7, 11) is 0. The summed E-state index contributed by atoms with van der Waals surface area (Å²) in [5, 5.41) is 6.61. The lowest BCUT2D eigenvalue weighted by Crippen LogP contribution is -2.27. The summed E-state index contributed by atoms with van der Waals surface area (Å²) in [6.07, 6.45) is 1.16. The monoisotopic (exact) mass is 288 g/mol. The quantitative estimate of drug-likeness (QED) is 0.754. The van der Waals surface area contributed by atoms with Crippen molar-refractivity contribution in [3.63, 3.8) is 0 Å². The number of halogens is 2. The summed E-state index contributed by atoms with van der Waals surface area (Å²) < 4.78 is 13.5. The maximum absolute atomic E-state index is 12.9. The van der Waals surface area contributed by atoms with Gasteiger partial charge < -0.3 is 10.6 Å². The summed E-state index contributed by atoms with van der Waals surface area (Å²) in [5.74, 6) is -0.214. The van der Waals surface area contributed by atoms with Gasteiger partial charge in [-0.25, -0.2) is 4.39 Å². The second kappa shape index (κ2) is 7.76. The zero-order valence-corrected chi connectivity index (χ0v) is 11.1. The second-order valence-corrected chi connectivity index (χ2v) is 4.53. The van der Waals surface area contributed by atoms with Crippen LogP contribution in [0.3, 0.4) is 0 Å². The van der Waals surface area contributed by atoms with Crippen molar-refractivity contribution >= 4 is 15.9 Å². The molecule has 2 N–H and O–H groups in total. The van der Waals surface area contributed by atoms with Crippen LogP contribution in [0.1, 0.15) is 18.9 Å². The van der Waals surface area contributed by atoms with Gasteiger partial charge in [0.1, 0.15) is 5.82 Å². The van der Waals surface area contributed by atoms with Gasteiger partial charge in [-0.05, 0) is 46.6 Å². The molecule has 0 unspecified atom stereocenters. The molecule has 0 amide bonds. The molecule has 0 fully saturated rings. The molecular formula is C12H18BrFN2. The molecule has 1 rings (SSSR count). The van der Waals surface area contributed by atoms with Gasteiger partial charge in [0, 0.05) is 19.6 Å². The number of nitrogens with one attached hydrogen (secondary N) is 2. The lowest BCUT2D eigenvalue weighted by atomic mass is 10.2. The van der Waals surface area contributed by atoms with E-state index in [1.165, 1.54) is 6.07 Å². The Morgan fingerprint density at radius 1 is 1.19 bits per heavy atom. The predicted molar refractivity (Wildman–Crippen MR) is 69.0 cm³/mol. The summed E-state index contributed by atoms with van der Waals surface area (Å²) >= 11 is 3.17. The molecule has 4 heteroatoms. The molecule has 90 valence electrons. The molecule has 0 saturated carbocycles. The topological polar surface area (TPSA) is 24.1 Å². The van der Waals surface area contributed by atoms with Crippen LogP contribution in [0.25, 0.3) is 0 Å². The minimum atomic E-state index is -0.214. The van der Waals surface area contributed by atoms with E-state index in [-0.39, 0.29) is 5.82 Å². The van der Waals surface area contributed by atoms with E-state index in [0.717, 1.165) is 38.2 Å². The summed E-state index contributed by atoms with van der Waals surface area (Å²) in [4.78, 5) is 0. The highest BCUT2D eigenvalue weighted by Crippen LogP contribution is 2.16. The maximum Gasteiger partial charge on any atom is 0.137 e. The van der Waals surface area contributed by atoms with Crippen molar-refractivity contribution in [3.8, 4) is 0 Å². The minimum absolute atomic E-state index is 0.214. The van der Waals surface area contributed by atoms with Gasteiger partial charge in [0.25, 0.3) is 0 Å². The Bertz CT molecular complexity index is 318.